The van der Waals surface area contributed by atoms with Gasteiger partial charge in [0, 0.05) is 10.6 Å². The Labute approximate surface area is 210 Å². The van der Waals surface area contributed by atoms with Crippen LogP contribution in [-0.4, -0.2) is 17.5 Å². The molecule has 0 saturated heterocycles. The standard InChI is InChI=1S/C24H18Cl4N2O3/c1-11-4-7-16-18(8-11)33-24(30-16)14-5-6-15(25)17(9-14)29-19(31)10-32-23-21(27)12(2)20(26)13(3)22(23)28/h4-9H,10H2,1-3H3,(H,29,31). The van der Waals surface area contributed by atoms with Crippen LogP contribution in [0.5, 0.6) is 5.75 Å². The van der Waals surface area contributed by atoms with Crippen LogP contribution in [0.2, 0.25) is 20.1 Å². The van der Waals surface area contributed by atoms with Crippen LogP contribution in [0.15, 0.2) is 40.8 Å². The van der Waals surface area contributed by atoms with Gasteiger partial charge in [0.05, 0.1) is 20.8 Å². The number of hydrogen-bond acceptors (Lipinski definition) is 4. The number of nitrogens with zero attached hydrogens (tertiary/aromatic N) is 1. The molecule has 1 amide bonds. The van der Waals surface area contributed by atoms with Crippen LogP contribution in [0.3, 0.4) is 0 Å². The van der Waals surface area contributed by atoms with Crippen LogP contribution >= 0.6 is 46.4 Å². The summed E-state index contributed by atoms with van der Waals surface area (Å²) in [5.74, 6) is 0.179. The summed E-state index contributed by atoms with van der Waals surface area (Å²) in [6.07, 6.45) is 0. The number of carbonyl (C=O) groups excluding carboxylic acids is 1. The molecular weight excluding hydrogens is 506 g/mol. The number of benzene rings is 3. The first-order valence-electron chi connectivity index (χ1n) is 9.89. The highest BCUT2D eigenvalue weighted by atomic mass is 35.5. The van der Waals surface area contributed by atoms with Crippen LogP contribution < -0.4 is 10.1 Å². The molecule has 170 valence electrons. The van der Waals surface area contributed by atoms with Gasteiger partial charge in [0.1, 0.15) is 5.52 Å². The molecule has 33 heavy (non-hydrogen) atoms. The van der Waals surface area contributed by atoms with Crippen molar-refractivity contribution in [3.63, 3.8) is 0 Å². The number of ether oxygens (including phenoxy) is 1. The average molecular weight is 524 g/mol. The lowest BCUT2D eigenvalue weighted by Crippen LogP contribution is -2.20. The van der Waals surface area contributed by atoms with Gasteiger partial charge in [-0.05, 0) is 67.8 Å². The van der Waals surface area contributed by atoms with Gasteiger partial charge >= 0.3 is 0 Å². The molecule has 0 atom stereocenters. The van der Waals surface area contributed by atoms with Crippen molar-refractivity contribution in [3.05, 3.63) is 73.2 Å². The van der Waals surface area contributed by atoms with Crippen molar-refractivity contribution in [2.45, 2.75) is 20.8 Å². The quantitative estimate of drug-likeness (QED) is 0.287. The average Bonchev–Trinajstić information content (AvgIpc) is 3.21. The zero-order valence-electron chi connectivity index (χ0n) is 17.9. The van der Waals surface area contributed by atoms with Crippen molar-refractivity contribution in [1.29, 1.82) is 0 Å². The van der Waals surface area contributed by atoms with E-state index in [4.69, 9.17) is 55.6 Å². The number of aromatic nitrogens is 1. The van der Waals surface area contributed by atoms with Gasteiger partial charge in [-0.1, -0.05) is 52.5 Å². The van der Waals surface area contributed by atoms with E-state index in [-0.39, 0.29) is 22.4 Å². The summed E-state index contributed by atoms with van der Waals surface area (Å²) >= 11 is 25.1. The monoisotopic (exact) mass is 522 g/mol. The Kier molecular flexibility index (Phi) is 6.78. The number of nitrogens with one attached hydrogen (secondary N) is 1. The summed E-state index contributed by atoms with van der Waals surface area (Å²) in [6, 6.07) is 10.9. The number of halogens is 4. The van der Waals surface area contributed by atoms with Crippen LogP contribution in [0.4, 0.5) is 5.69 Å². The zero-order valence-corrected chi connectivity index (χ0v) is 20.9. The topological polar surface area (TPSA) is 64.4 Å². The Balaban J connectivity index is 1.53. The summed E-state index contributed by atoms with van der Waals surface area (Å²) in [5, 5.41) is 4.07. The molecule has 1 N–H and O–H groups in total. The molecule has 0 aliphatic heterocycles. The molecule has 1 aromatic heterocycles. The van der Waals surface area contributed by atoms with Gasteiger partial charge in [-0.2, -0.15) is 0 Å². The first kappa shape index (κ1) is 23.7. The molecule has 5 nitrogen and oxygen atoms in total. The van der Waals surface area contributed by atoms with E-state index in [0.717, 1.165) is 11.1 Å². The summed E-state index contributed by atoms with van der Waals surface area (Å²) in [7, 11) is 0. The van der Waals surface area contributed by atoms with E-state index in [0.29, 0.717) is 43.9 Å². The van der Waals surface area contributed by atoms with Gasteiger partial charge < -0.3 is 14.5 Å². The van der Waals surface area contributed by atoms with Crippen molar-refractivity contribution in [3.8, 4) is 17.2 Å². The van der Waals surface area contributed by atoms with Crippen LogP contribution in [0.25, 0.3) is 22.6 Å². The van der Waals surface area contributed by atoms with Gasteiger partial charge in [-0.25, -0.2) is 4.98 Å². The fourth-order valence-corrected chi connectivity index (χ4v) is 4.26. The maximum absolute atomic E-state index is 12.6. The first-order chi connectivity index (χ1) is 15.7. The Morgan fingerprint density at radius 2 is 1.67 bits per heavy atom. The SMILES string of the molecule is Cc1ccc2nc(-c3ccc(Cl)c(NC(=O)COc4c(Cl)c(C)c(Cl)c(C)c4Cl)c3)oc2c1. The molecule has 0 radical (unpaired) electrons. The molecule has 4 aromatic rings. The highest BCUT2D eigenvalue weighted by Gasteiger charge is 2.19. The summed E-state index contributed by atoms with van der Waals surface area (Å²) in [5.41, 5.74) is 4.80. The summed E-state index contributed by atoms with van der Waals surface area (Å²) in [6.45, 7) is 5.15. The van der Waals surface area contributed by atoms with E-state index in [9.17, 15) is 4.79 Å². The number of hydrogen-bond donors (Lipinski definition) is 1. The number of amides is 1. The predicted molar refractivity (Wildman–Crippen MR) is 134 cm³/mol. The first-order valence-corrected chi connectivity index (χ1v) is 11.4. The number of anilines is 1. The van der Waals surface area contributed by atoms with Crippen LogP contribution in [0.1, 0.15) is 16.7 Å². The largest absolute Gasteiger partial charge is 0.481 e. The molecule has 1 heterocycles. The van der Waals surface area contributed by atoms with E-state index in [1.165, 1.54) is 0 Å². The summed E-state index contributed by atoms with van der Waals surface area (Å²) < 4.78 is 11.5. The van der Waals surface area contributed by atoms with Crippen LogP contribution in [0, 0.1) is 20.8 Å². The molecular formula is C24H18Cl4N2O3. The predicted octanol–water partition coefficient (Wildman–Crippen LogP) is 8.05. The second-order valence-corrected chi connectivity index (χ2v) is 9.08. The fraction of sp³-hybridized carbons (Fsp3) is 0.167. The highest BCUT2D eigenvalue weighted by molar-refractivity contribution is 6.42. The van der Waals surface area contributed by atoms with Gasteiger partial charge in [0.15, 0.2) is 17.9 Å². The minimum absolute atomic E-state index is 0.203. The zero-order chi connectivity index (χ0) is 23.9. The lowest BCUT2D eigenvalue weighted by atomic mass is 10.1. The Morgan fingerprint density at radius 1 is 0.970 bits per heavy atom. The van der Waals surface area contributed by atoms with E-state index >= 15 is 0 Å². The number of oxazole rings is 1. The maximum atomic E-state index is 12.6. The Hall–Kier alpha value is -2.44. The molecule has 0 fully saturated rings. The van der Waals surface area contributed by atoms with Gasteiger partial charge in [0.2, 0.25) is 5.89 Å². The number of rotatable bonds is 5. The molecule has 0 aliphatic rings. The Morgan fingerprint density at radius 3 is 2.36 bits per heavy atom. The molecule has 0 unspecified atom stereocenters. The highest BCUT2D eigenvalue weighted by Crippen LogP contribution is 2.42. The van der Waals surface area contributed by atoms with Crippen molar-refractivity contribution in [1.82, 2.24) is 4.98 Å². The van der Waals surface area contributed by atoms with Gasteiger partial charge in [-0.3, -0.25) is 4.79 Å². The normalized spacial score (nSPS) is 11.1. The third-order valence-electron chi connectivity index (χ3n) is 5.09. The second-order valence-electron chi connectivity index (χ2n) is 7.54. The van der Waals surface area contributed by atoms with Crippen molar-refractivity contribution in [2.24, 2.45) is 0 Å². The maximum Gasteiger partial charge on any atom is 0.262 e. The number of aryl methyl sites for hydroxylation is 1. The minimum atomic E-state index is -0.445. The fourth-order valence-electron chi connectivity index (χ4n) is 3.27. The van der Waals surface area contributed by atoms with E-state index in [1.54, 1.807) is 32.0 Å². The third-order valence-corrected chi connectivity index (χ3v) is 6.90. The second kappa shape index (κ2) is 9.43. The Bertz CT molecular complexity index is 1370. The molecule has 4 rings (SSSR count). The molecule has 0 bridgehead atoms. The molecule has 9 heteroatoms. The molecule has 0 saturated carbocycles. The molecule has 0 aliphatic carbocycles. The summed E-state index contributed by atoms with van der Waals surface area (Å²) in [4.78, 5) is 17.1. The van der Waals surface area contributed by atoms with E-state index < -0.39 is 5.91 Å². The minimum Gasteiger partial charge on any atom is -0.481 e. The van der Waals surface area contributed by atoms with Crippen molar-refractivity contribution < 1.29 is 13.9 Å². The lowest BCUT2D eigenvalue weighted by Gasteiger charge is -2.15. The van der Waals surface area contributed by atoms with E-state index in [1.807, 2.05) is 25.1 Å². The number of carbonyl (C=O) groups is 1. The lowest BCUT2D eigenvalue weighted by molar-refractivity contribution is -0.118. The van der Waals surface area contributed by atoms with Crippen molar-refractivity contribution >= 4 is 69.1 Å². The van der Waals surface area contributed by atoms with Crippen molar-refractivity contribution in [2.75, 3.05) is 11.9 Å². The van der Waals surface area contributed by atoms with Gasteiger partial charge in [-0.15, -0.1) is 0 Å². The third kappa shape index (κ3) is 4.78. The smallest absolute Gasteiger partial charge is 0.262 e. The van der Waals surface area contributed by atoms with Crippen LogP contribution in [-0.2, 0) is 4.79 Å². The van der Waals surface area contributed by atoms with Gasteiger partial charge in [0.25, 0.3) is 5.91 Å². The molecule has 0 spiro atoms. The molecule has 3 aromatic carbocycles. The number of fused-ring (bicyclic) bond motifs is 1. The van der Waals surface area contributed by atoms with E-state index in [2.05, 4.69) is 10.3 Å².